The number of benzene rings is 2. The molecule has 2 aromatic carbocycles. The molecule has 1 amide bonds. The van der Waals surface area contributed by atoms with Crippen LogP contribution in [-0.4, -0.2) is 19.2 Å². The van der Waals surface area contributed by atoms with Crippen LogP contribution in [-0.2, 0) is 5.41 Å². The molecule has 4 heteroatoms. The number of hydrogen-bond acceptors (Lipinski definition) is 3. The van der Waals surface area contributed by atoms with E-state index >= 15 is 0 Å². The molecule has 0 aliphatic heterocycles. The predicted molar refractivity (Wildman–Crippen MR) is 103 cm³/mol. The van der Waals surface area contributed by atoms with Crippen molar-refractivity contribution in [2.24, 2.45) is 5.10 Å². The molecule has 0 unspecified atom stereocenters. The Labute approximate surface area is 149 Å². The summed E-state index contributed by atoms with van der Waals surface area (Å²) in [6.45, 7) is 6.42. The highest BCUT2D eigenvalue weighted by atomic mass is 16.5. The third-order valence-corrected chi connectivity index (χ3v) is 3.75. The van der Waals surface area contributed by atoms with Gasteiger partial charge in [-0.3, -0.25) is 4.79 Å². The Bertz CT molecular complexity index is 769. The number of carbonyl (C=O) groups excluding carboxylic acids is 1. The molecule has 0 saturated carbocycles. The molecule has 1 N–H and O–H groups in total. The first-order valence-corrected chi connectivity index (χ1v) is 8.15. The molecule has 0 radical (unpaired) electrons. The van der Waals surface area contributed by atoms with Crippen molar-refractivity contribution >= 4 is 18.2 Å². The zero-order valence-electron chi connectivity index (χ0n) is 15.1. The Morgan fingerprint density at radius 3 is 2.40 bits per heavy atom. The summed E-state index contributed by atoms with van der Waals surface area (Å²) >= 11 is 0. The molecule has 2 rings (SSSR count). The smallest absolute Gasteiger partial charge is 0.271 e. The number of nitrogens with one attached hydrogen (secondary N) is 1. The Balaban J connectivity index is 1.93. The number of hydrazone groups is 1. The molecular formula is C21H24N2O2. The van der Waals surface area contributed by atoms with Crippen LogP contribution in [0.15, 0.2) is 59.7 Å². The molecule has 0 aromatic heterocycles. The predicted octanol–water partition coefficient (Wildman–Crippen LogP) is 4.42. The van der Waals surface area contributed by atoms with Crippen molar-refractivity contribution < 1.29 is 9.53 Å². The van der Waals surface area contributed by atoms with Crippen molar-refractivity contribution in [3.05, 3.63) is 71.3 Å². The summed E-state index contributed by atoms with van der Waals surface area (Å²) < 4.78 is 5.27. The third kappa shape index (κ3) is 5.31. The van der Waals surface area contributed by atoms with Gasteiger partial charge in [-0.2, -0.15) is 5.10 Å². The van der Waals surface area contributed by atoms with Crippen LogP contribution < -0.4 is 10.2 Å². The Hall–Kier alpha value is -2.88. The van der Waals surface area contributed by atoms with Crippen molar-refractivity contribution in [1.29, 1.82) is 0 Å². The van der Waals surface area contributed by atoms with Gasteiger partial charge in [-0.25, -0.2) is 5.43 Å². The first-order chi connectivity index (χ1) is 11.9. The van der Waals surface area contributed by atoms with Crippen LogP contribution in [0.4, 0.5) is 0 Å². The first kappa shape index (κ1) is 18.5. The molecule has 4 nitrogen and oxygen atoms in total. The van der Waals surface area contributed by atoms with Crippen LogP contribution >= 0.6 is 0 Å². The van der Waals surface area contributed by atoms with Gasteiger partial charge in [-0.05, 0) is 41.3 Å². The number of rotatable bonds is 5. The highest BCUT2D eigenvalue weighted by Crippen LogP contribution is 2.22. The minimum absolute atomic E-state index is 0.0659. The first-order valence-electron chi connectivity index (χ1n) is 8.15. The van der Waals surface area contributed by atoms with Crippen LogP contribution in [0, 0.1) is 0 Å². The van der Waals surface area contributed by atoms with E-state index in [1.54, 1.807) is 13.2 Å². The summed E-state index contributed by atoms with van der Waals surface area (Å²) in [5, 5.41) is 3.94. The van der Waals surface area contributed by atoms with E-state index in [0.717, 1.165) is 11.3 Å². The topological polar surface area (TPSA) is 50.7 Å². The Morgan fingerprint density at radius 1 is 1.08 bits per heavy atom. The minimum atomic E-state index is -0.234. The van der Waals surface area contributed by atoms with Gasteiger partial charge in [0.1, 0.15) is 5.75 Å². The fraction of sp³-hybridized carbons (Fsp3) is 0.238. The molecule has 0 aliphatic rings. The van der Waals surface area contributed by atoms with E-state index in [9.17, 15) is 4.79 Å². The van der Waals surface area contributed by atoms with Crippen LogP contribution in [0.3, 0.4) is 0 Å². The SMILES string of the molecule is COc1ccccc1/C=C/C=N/NC(=O)c1ccc(C(C)(C)C)cc1. The van der Waals surface area contributed by atoms with Crippen molar-refractivity contribution in [1.82, 2.24) is 5.43 Å². The van der Waals surface area contributed by atoms with E-state index in [1.807, 2.05) is 54.6 Å². The number of hydrogen-bond donors (Lipinski definition) is 1. The number of para-hydroxylation sites is 1. The van der Waals surface area contributed by atoms with E-state index in [2.05, 4.69) is 31.3 Å². The molecule has 0 spiro atoms. The molecule has 0 bridgehead atoms. The van der Waals surface area contributed by atoms with E-state index in [4.69, 9.17) is 4.74 Å². The lowest BCUT2D eigenvalue weighted by Crippen LogP contribution is -2.18. The lowest BCUT2D eigenvalue weighted by Gasteiger charge is -2.18. The van der Waals surface area contributed by atoms with Gasteiger partial charge in [-0.1, -0.05) is 51.1 Å². The number of nitrogens with zero attached hydrogens (tertiary/aromatic N) is 1. The van der Waals surface area contributed by atoms with Gasteiger partial charge in [-0.15, -0.1) is 0 Å². The van der Waals surface area contributed by atoms with Crippen LogP contribution in [0.2, 0.25) is 0 Å². The van der Waals surface area contributed by atoms with Gasteiger partial charge >= 0.3 is 0 Å². The third-order valence-electron chi connectivity index (χ3n) is 3.75. The second-order valence-electron chi connectivity index (χ2n) is 6.65. The average molecular weight is 336 g/mol. The molecule has 25 heavy (non-hydrogen) atoms. The van der Waals surface area contributed by atoms with Crippen LogP contribution in [0.25, 0.3) is 6.08 Å². The molecule has 0 atom stereocenters. The summed E-state index contributed by atoms with van der Waals surface area (Å²) in [5.41, 5.74) is 5.30. The number of allylic oxidation sites excluding steroid dienone is 1. The monoisotopic (exact) mass is 336 g/mol. The fourth-order valence-electron chi connectivity index (χ4n) is 2.28. The van der Waals surface area contributed by atoms with Gasteiger partial charge in [0.05, 0.1) is 7.11 Å². The van der Waals surface area contributed by atoms with Gasteiger partial charge in [0.15, 0.2) is 0 Å². The van der Waals surface area contributed by atoms with Crippen molar-refractivity contribution in [2.75, 3.05) is 7.11 Å². The maximum absolute atomic E-state index is 12.1. The number of carbonyl (C=O) groups is 1. The molecule has 130 valence electrons. The molecule has 2 aromatic rings. The van der Waals surface area contributed by atoms with E-state index < -0.39 is 0 Å². The Kier molecular flexibility index (Phi) is 6.12. The van der Waals surface area contributed by atoms with Gasteiger partial charge in [0.25, 0.3) is 5.91 Å². The Morgan fingerprint density at radius 2 is 1.76 bits per heavy atom. The summed E-state index contributed by atoms with van der Waals surface area (Å²) in [4.78, 5) is 12.1. The molecule has 0 fully saturated rings. The number of ether oxygens (including phenoxy) is 1. The van der Waals surface area contributed by atoms with Crippen LogP contribution in [0.5, 0.6) is 5.75 Å². The lowest BCUT2D eigenvalue weighted by atomic mass is 9.87. The standard InChI is InChI=1S/C21H24N2O2/c1-21(2,3)18-13-11-17(12-14-18)20(24)23-22-15-7-9-16-8-5-6-10-19(16)25-4/h5-15H,1-4H3,(H,23,24)/b9-7+,22-15+. The summed E-state index contributed by atoms with van der Waals surface area (Å²) in [7, 11) is 1.63. The van der Waals surface area contributed by atoms with Crippen molar-refractivity contribution in [3.63, 3.8) is 0 Å². The highest BCUT2D eigenvalue weighted by molar-refractivity contribution is 5.94. The fourth-order valence-corrected chi connectivity index (χ4v) is 2.28. The van der Waals surface area contributed by atoms with Gasteiger partial charge < -0.3 is 4.74 Å². The minimum Gasteiger partial charge on any atom is -0.496 e. The maximum atomic E-state index is 12.1. The highest BCUT2D eigenvalue weighted by Gasteiger charge is 2.13. The van der Waals surface area contributed by atoms with Crippen molar-refractivity contribution in [2.45, 2.75) is 26.2 Å². The normalized spacial score (nSPS) is 11.8. The second-order valence-corrected chi connectivity index (χ2v) is 6.65. The summed E-state index contributed by atoms with van der Waals surface area (Å²) in [6, 6.07) is 15.3. The number of methoxy groups -OCH3 is 1. The van der Waals surface area contributed by atoms with Gasteiger partial charge in [0, 0.05) is 17.3 Å². The largest absolute Gasteiger partial charge is 0.496 e. The van der Waals surface area contributed by atoms with E-state index in [-0.39, 0.29) is 11.3 Å². The summed E-state index contributed by atoms with van der Waals surface area (Å²) in [6.07, 6.45) is 5.15. The zero-order chi connectivity index (χ0) is 18.3. The molecular weight excluding hydrogens is 312 g/mol. The number of amides is 1. The second kappa shape index (κ2) is 8.29. The average Bonchev–Trinajstić information content (AvgIpc) is 2.61. The van der Waals surface area contributed by atoms with E-state index in [0.29, 0.717) is 5.56 Å². The molecule has 0 saturated heterocycles. The van der Waals surface area contributed by atoms with Crippen molar-refractivity contribution in [3.8, 4) is 5.75 Å². The zero-order valence-corrected chi connectivity index (χ0v) is 15.1. The van der Waals surface area contributed by atoms with Crippen LogP contribution in [0.1, 0.15) is 42.3 Å². The lowest BCUT2D eigenvalue weighted by molar-refractivity contribution is 0.0955. The molecule has 0 aliphatic carbocycles. The maximum Gasteiger partial charge on any atom is 0.271 e. The quantitative estimate of drug-likeness (QED) is 0.649. The molecule has 0 heterocycles. The van der Waals surface area contributed by atoms with Gasteiger partial charge in [0.2, 0.25) is 0 Å². The summed E-state index contributed by atoms with van der Waals surface area (Å²) in [5.74, 6) is 0.553. The van der Waals surface area contributed by atoms with E-state index in [1.165, 1.54) is 11.8 Å².